The molecule has 0 heterocycles. The van der Waals surface area contributed by atoms with Gasteiger partial charge in [-0.15, -0.1) is 0 Å². The smallest absolute Gasteiger partial charge is 0.759 e. The van der Waals surface area contributed by atoms with Crippen molar-refractivity contribution in [1.82, 2.24) is 0 Å². The van der Waals surface area contributed by atoms with E-state index in [9.17, 15) is 0 Å². The molecule has 32 heavy (non-hydrogen) atoms. The summed E-state index contributed by atoms with van der Waals surface area (Å²) in [4.78, 5) is 0. The summed E-state index contributed by atoms with van der Waals surface area (Å²) in [5.74, 6) is 0. The predicted molar refractivity (Wildman–Crippen MR) is 85.6 cm³/mol. The molecule has 30 N–H and O–H groups in total. The molecular formula is H30Cr2O27S3. The first-order chi connectivity index (χ1) is 6.00. The molecule has 0 spiro atoms. The zero-order valence-corrected chi connectivity index (χ0v) is 19.4. The van der Waals surface area contributed by atoms with Crippen molar-refractivity contribution in [3.05, 3.63) is 0 Å². The second kappa shape index (κ2) is 86.0. The average Bonchev–Trinajstić information content (AvgIpc) is 1.41. The van der Waals surface area contributed by atoms with Gasteiger partial charge in [0.05, 0.1) is 0 Å². The Morgan fingerprint density at radius 3 is 0.250 bits per heavy atom. The Balaban J connectivity index is -0.00000000296. The standard InChI is InChI=1S/2Cr.3H2O4S.15H2O/c;;3*1-5(2,3)4;;;;;;;;;;;;;;;/h;;3*(H2,1,2,3,4);15*1H2/q2*+3;;;;;;;;;;;;;;;;;;/p-6. The van der Waals surface area contributed by atoms with Gasteiger partial charge in [-0.2, -0.15) is 0 Å². The second-order valence-corrected chi connectivity index (χ2v) is 3.67. The normalized spacial score (nSPS) is 5.44. The van der Waals surface area contributed by atoms with Gasteiger partial charge in [0.25, 0.3) is 0 Å². The van der Waals surface area contributed by atoms with Gasteiger partial charge in [0.15, 0.2) is 0 Å². The van der Waals surface area contributed by atoms with Crippen LogP contribution in [-0.4, -0.2) is 135 Å². The van der Waals surface area contributed by atoms with Crippen LogP contribution in [0.5, 0.6) is 0 Å². The SMILES string of the molecule is O.O.O.O.O.O.O.O.O.O.O.O.O.O.O.O=S(=O)([O-])[O-].O=S(=O)([O-])[O-].O=S(=O)([O-])[O-].[Cr+3].[Cr+3]. The van der Waals surface area contributed by atoms with Crippen LogP contribution in [0.25, 0.3) is 0 Å². The van der Waals surface area contributed by atoms with Crippen LogP contribution in [0.1, 0.15) is 0 Å². The minimum atomic E-state index is -5.17. The summed E-state index contributed by atoms with van der Waals surface area (Å²) in [6, 6.07) is 0. The van der Waals surface area contributed by atoms with E-state index in [2.05, 4.69) is 0 Å². The topological polar surface area (TPSA) is 713 Å². The minimum Gasteiger partial charge on any atom is -0.759 e. The molecule has 222 valence electrons. The van der Waals surface area contributed by atoms with Crippen LogP contribution in [0.2, 0.25) is 0 Å². The van der Waals surface area contributed by atoms with E-state index in [-0.39, 0.29) is 117 Å². The van der Waals surface area contributed by atoms with Gasteiger partial charge in [-0.05, 0) is 0 Å². The second-order valence-electron chi connectivity index (χ2n) is 1.22. The molecule has 0 aliphatic rings. The monoisotopic (exact) mass is 662 g/mol. The van der Waals surface area contributed by atoms with Crippen LogP contribution in [0.4, 0.5) is 0 Å². The van der Waals surface area contributed by atoms with Crippen LogP contribution < -0.4 is 0 Å². The van der Waals surface area contributed by atoms with Gasteiger partial charge in [-0.25, -0.2) is 0 Å². The van der Waals surface area contributed by atoms with Crippen molar-refractivity contribution in [2.24, 2.45) is 0 Å². The number of rotatable bonds is 0. The van der Waals surface area contributed by atoms with E-state index in [0.717, 1.165) is 0 Å². The van der Waals surface area contributed by atoms with Crippen molar-refractivity contribution in [3.8, 4) is 0 Å². The molecule has 0 unspecified atom stereocenters. The molecule has 0 fully saturated rings. The molecule has 0 saturated carbocycles. The fraction of sp³-hybridized carbons (Fsp3) is 0. The molecule has 0 rings (SSSR count). The molecule has 0 amide bonds. The van der Waals surface area contributed by atoms with Crippen molar-refractivity contribution in [1.29, 1.82) is 0 Å². The third-order valence-corrected chi connectivity index (χ3v) is 0. The minimum absolute atomic E-state index is 0. The van der Waals surface area contributed by atoms with Crippen LogP contribution in [0, 0.1) is 0 Å². The van der Waals surface area contributed by atoms with Crippen LogP contribution in [0.15, 0.2) is 0 Å². The van der Waals surface area contributed by atoms with Gasteiger partial charge in [-0.1, -0.05) is 0 Å². The number of hydrogen-bond acceptors (Lipinski definition) is 12. The molecule has 0 saturated heterocycles. The van der Waals surface area contributed by atoms with E-state index in [1.807, 2.05) is 0 Å². The van der Waals surface area contributed by atoms with Crippen molar-refractivity contribution in [2.45, 2.75) is 0 Å². The van der Waals surface area contributed by atoms with E-state index in [0.29, 0.717) is 0 Å². The van der Waals surface area contributed by atoms with E-state index >= 15 is 0 Å². The maximum absolute atomic E-state index is 8.52. The van der Waals surface area contributed by atoms with Gasteiger partial charge in [-0.3, -0.25) is 25.3 Å². The summed E-state index contributed by atoms with van der Waals surface area (Å²) < 4.78 is 102. The summed E-state index contributed by atoms with van der Waals surface area (Å²) in [6.45, 7) is 0. The molecule has 32 heteroatoms. The molecule has 0 aliphatic heterocycles. The van der Waals surface area contributed by atoms with E-state index in [4.69, 9.17) is 52.6 Å². The maximum atomic E-state index is 8.52. The van der Waals surface area contributed by atoms with Crippen molar-refractivity contribution >= 4 is 31.2 Å². The quantitative estimate of drug-likeness (QED) is 0.172. The summed E-state index contributed by atoms with van der Waals surface area (Å²) in [5.41, 5.74) is 0. The largest absolute Gasteiger partial charge is 3.00 e. The fourth-order valence-corrected chi connectivity index (χ4v) is 0. The Bertz CT molecular complexity index is 346. The molecule has 0 bridgehead atoms. The average molecular weight is 662 g/mol. The fourth-order valence-electron chi connectivity index (χ4n) is 0. The molecule has 0 aliphatic carbocycles. The molecule has 0 aromatic heterocycles. The van der Waals surface area contributed by atoms with E-state index in [1.54, 1.807) is 0 Å². The van der Waals surface area contributed by atoms with Crippen molar-refractivity contribution in [3.63, 3.8) is 0 Å². The first kappa shape index (κ1) is 212. The first-order valence-electron chi connectivity index (χ1n) is 2.00. The molecule has 0 atom stereocenters. The van der Waals surface area contributed by atoms with Gasteiger partial charge >= 0.3 is 34.7 Å². The van der Waals surface area contributed by atoms with Crippen molar-refractivity contribution < 1.29 is 169 Å². The van der Waals surface area contributed by atoms with Gasteiger partial charge in [0, 0.05) is 31.2 Å². The Hall–Kier alpha value is 0.0749. The number of hydrogen-bond donors (Lipinski definition) is 0. The molecule has 0 aromatic carbocycles. The van der Waals surface area contributed by atoms with E-state index < -0.39 is 31.2 Å². The third-order valence-electron chi connectivity index (χ3n) is 0. The third kappa shape index (κ3) is 4530000. The predicted octanol–water partition coefficient (Wildman–Crippen LogP) is -16.4. The molecule has 27 nitrogen and oxygen atoms in total. The van der Waals surface area contributed by atoms with Gasteiger partial charge in [0.2, 0.25) is 0 Å². The van der Waals surface area contributed by atoms with Gasteiger partial charge in [0.1, 0.15) is 0 Å². The van der Waals surface area contributed by atoms with Crippen LogP contribution >= 0.6 is 0 Å². The maximum Gasteiger partial charge on any atom is 3.00 e. The molecule has 0 aromatic rings. The molecule has 2 radical (unpaired) electrons. The van der Waals surface area contributed by atoms with E-state index in [1.165, 1.54) is 0 Å². The zero-order valence-electron chi connectivity index (χ0n) is 14.4. The Labute approximate surface area is 200 Å². The van der Waals surface area contributed by atoms with Gasteiger partial charge < -0.3 is 109 Å². The Morgan fingerprint density at radius 1 is 0.250 bits per heavy atom. The summed E-state index contributed by atoms with van der Waals surface area (Å²) in [5, 5.41) is 0. The van der Waals surface area contributed by atoms with Crippen LogP contribution in [-0.2, 0) is 65.9 Å². The first-order valence-corrected chi connectivity index (χ1v) is 6.00. The summed E-state index contributed by atoms with van der Waals surface area (Å²) in [6.07, 6.45) is 0. The van der Waals surface area contributed by atoms with Crippen LogP contribution in [0.3, 0.4) is 0 Å². The van der Waals surface area contributed by atoms with Crippen molar-refractivity contribution in [2.75, 3.05) is 0 Å². The Morgan fingerprint density at radius 2 is 0.250 bits per heavy atom. The zero-order chi connectivity index (χ0) is 13.5. The summed E-state index contributed by atoms with van der Waals surface area (Å²) in [7, 11) is -15.5. The summed E-state index contributed by atoms with van der Waals surface area (Å²) >= 11 is 0. The molecular weight excluding hydrogens is 632 g/mol. The Kier molecular flexibility index (Phi) is 571.